The molecule has 0 saturated carbocycles. The van der Waals surface area contributed by atoms with Crippen LogP contribution in [0.3, 0.4) is 0 Å². The Labute approximate surface area is 115 Å². The maximum atomic E-state index is 12.1. The molecule has 5 nitrogen and oxygen atoms in total. The molecule has 0 aliphatic heterocycles. The smallest absolute Gasteiger partial charge is 0.254 e. The minimum atomic E-state index is -0.705. The fraction of sp³-hybridized carbons (Fsp3) is 0.417. The number of amides is 1. The lowest BCUT2D eigenvalue weighted by Gasteiger charge is -2.21. The van der Waals surface area contributed by atoms with Gasteiger partial charge in [-0.3, -0.25) is 4.79 Å². The summed E-state index contributed by atoms with van der Waals surface area (Å²) in [4.78, 5) is 13.6. The number of nitrogen functional groups attached to an aromatic ring is 1. The zero-order valence-corrected chi connectivity index (χ0v) is 12.0. The molecule has 1 amide bonds. The maximum absolute atomic E-state index is 12.1. The van der Waals surface area contributed by atoms with Gasteiger partial charge in [0.1, 0.15) is 0 Å². The Morgan fingerprint density at radius 2 is 2.28 bits per heavy atom. The highest BCUT2D eigenvalue weighted by Crippen LogP contribution is 2.24. The fourth-order valence-electron chi connectivity index (χ4n) is 1.56. The highest BCUT2D eigenvalue weighted by molar-refractivity contribution is 9.10. The van der Waals surface area contributed by atoms with Crippen LogP contribution in [-0.2, 0) is 4.74 Å². The summed E-state index contributed by atoms with van der Waals surface area (Å²) in [6.45, 7) is 0.392. The van der Waals surface area contributed by atoms with E-state index in [4.69, 9.17) is 10.5 Å². The molecule has 3 N–H and O–H groups in total. The number of hydrogen-bond donors (Lipinski definition) is 2. The van der Waals surface area contributed by atoms with Crippen LogP contribution in [0.15, 0.2) is 22.7 Å². The molecule has 1 aromatic carbocycles. The van der Waals surface area contributed by atoms with Gasteiger partial charge in [-0.15, -0.1) is 0 Å². The lowest BCUT2D eigenvalue weighted by Crippen LogP contribution is -2.36. The first-order chi connectivity index (χ1) is 8.47. The molecule has 0 saturated heterocycles. The van der Waals surface area contributed by atoms with E-state index < -0.39 is 6.10 Å². The van der Waals surface area contributed by atoms with Crippen molar-refractivity contribution in [3.05, 3.63) is 28.2 Å². The first-order valence-corrected chi connectivity index (χ1v) is 6.23. The predicted octanol–water partition coefficient (Wildman–Crippen LogP) is 1.11. The fourth-order valence-corrected chi connectivity index (χ4v) is 2.00. The molecule has 18 heavy (non-hydrogen) atoms. The van der Waals surface area contributed by atoms with E-state index in [0.29, 0.717) is 15.7 Å². The number of nitrogens with two attached hydrogens (primary N) is 1. The summed E-state index contributed by atoms with van der Waals surface area (Å²) in [5, 5.41) is 9.58. The van der Waals surface area contributed by atoms with Crippen LogP contribution in [0, 0.1) is 0 Å². The Morgan fingerprint density at radius 3 is 2.89 bits per heavy atom. The van der Waals surface area contributed by atoms with Crippen LogP contribution in [0.2, 0.25) is 0 Å². The number of carbonyl (C=O) groups is 1. The Bertz CT molecular complexity index is 426. The van der Waals surface area contributed by atoms with Crippen LogP contribution in [0.4, 0.5) is 5.69 Å². The summed E-state index contributed by atoms with van der Waals surface area (Å²) in [6, 6.07) is 5.11. The van der Waals surface area contributed by atoms with Crippen molar-refractivity contribution in [3.8, 4) is 0 Å². The van der Waals surface area contributed by atoms with Crippen molar-refractivity contribution < 1.29 is 14.6 Å². The lowest BCUT2D eigenvalue weighted by atomic mass is 10.1. The highest BCUT2D eigenvalue weighted by Gasteiger charge is 2.18. The van der Waals surface area contributed by atoms with Crippen molar-refractivity contribution in [2.24, 2.45) is 0 Å². The molecule has 0 heterocycles. The van der Waals surface area contributed by atoms with Crippen molar-refractivity contribution in [1.29, 1.82) is 0 Å². The van der Waals surface area contributed by atoms with Crippen LogP contribution in [0.1, 0.15) is 10.4 Å². The van der Waals surface area contributed by atoms with E-state index in [1.54, 1.807) is 25.2 Å². The molecule has 1 atom stereocenters. The van der Waals surface area contributed by atoms with Gasteiger partial charge >= 0.3 is 0 Å². The molecule has 1 unspecified atom stereocenters. The number of aliphatic hydroxyl groups is 1. The molecule has 0 aliphatic rings. The van der Waals surface area contributed by atoms with E-state index in [0.717, 1.165) is 0 Å². The number of ether oxygens (including phenoxy) is 1. The van der Waals surface area contributed by atoms with E-state index in [-0.39, 0.29) is 19.1 Å². The van der Waals surface area contributed by atoms with Gasteiger partial charge in [-0.05, 0) is 28.1 Å². The number of nitrogens with zero attached hydrogens (tertiary/aromatic N) is 1. The van der Waals surface area contributed by atoms with Crippen LogP contribution in [0.5, 0.6) is 0 Å². The molecule has 0 aliphatic carbocycles. The van der Waals surface area contributed by atoms with E-state index in [1.807, 2.05) is 0 Å². The third kappa shape index (κ3) is 3.69. The molecule has 1 rings (SSSR count). The molecule has 0 aromatic heterocycles. The van der Waals surface area contributed by atoms with Crippen molar-refractivity contribution >= 4 is 27.5 Å². The van der Waals surface area contributed by atoms with Gasteiger partial charge in [0.2, 0.25) is 0 Å². The summed E-state index contributed by atoms with van der Waals surface area (Å²) in [7, 11) is 3.12. The molecular weight excluding hydrogens is 300 g/mol. The number of hydrogen-bond acceptors (Lipinski definition) is 4. The standard InChI is InChI=1S/C12H17BrN2O3/c1-15(6-8(16)7-18-2)12(17)9-4-3-5-10(14)11(9)13/h3-5,8,16H,6-7,14H2,1-2H3. The Kier molecular flexibility index (Phi) is 5.58. The largest absolute Gasteiger partial charge is 0.398 e. The highest BCUT2D eigenvalue weighted by atomic mass is 79.9. The molecule has 6 heteroatoms. The van der Waals surface area contributed by atoms with E-state index in [1.165, 1.54) is 12.0 Å². The number of methoxy groups -OCH3 is 1. The molecule has 0 fully saturated rings. The number of benzene rings is 1. The minimum absolute atomic E-state index is 0.190. The first kappa shape index (κ1) is 14.9. The van der Waals surface area contributed by atoms with Gasteiger partial charge in [-0.1, -0.05) is 6.07 Å². The van der Waals surface area contributed by atoms with Gasteiger partial charge in [0.25, 0.3) is 5.91 Å². The van der Waals surface area contributed by atoms with Crippen LogP contribution in [-0.4, -0.2) is 49.3 Å². The number of halogens is 1. The van der Waals surface area contributed by atoms with Crippen molar-refractivity contribution in [2.45, 2.75) is 6.10 Å². The van der Waals surface area contributed by atoms with Crippen LogP contribution < -0.4 is 5.73 Å². The summed E-state index contributed by atoms with van der Waals surface area (Å²) in [5.74, 6) is -0.204. The summed E-state index contributed by atoms with van der Waals surface area (Å²) in [5.41, 5.74) is 6.70. The molecule has 0 spiro atoms. The maximum Gasteiger partial charge on any atom is 0.254 e. The Morgan fingerprint density at radius 1 is 1.61 bits per heavy atom. The van der Waals surface area contributed by atoms with Gasteiger partial charge in [-0.25, -0.2) is 0 Å². The van der Waals surface area contributed by atoms with Gasteiger partial charge in [0.05, 0.1) is 22.7 Å². The first-order valence-electron chi connectivity index (χ1n) is 5.43. The number of aliphatic hydroxyl groups excluding tert-OH is 1. The van der Waals surface area contributed by atoms with Gasteiger partial charge in [-0.2, -0.15) is 0 Å². The molecule has 100 valence electrons. The second kappa shape index (κ2) is 6.72. The van der Waals surface area contributed by atoms with Gasteiger partial charge in [0.15, 0.2) is 0 Å². The third-order valence-corrected chi connectivity index (χ3v) is 3.33. The molecule has 0 radical (unpaired) electrons. The van der Waals surface area contributed by atoms with E-state index in [2.05, 4.69) is 15.9 Å². The van der Waals surface area contributed by atoms with E-state index in [9.17, 15) is 9.90 Å². The molecule has 1 aromatic rings. The van der Waals surface area contributed by atoms with Crippen molar-refractivity contribution in [1.82, 2.24) is 4.90 Å². The summed E-state index contributed by atoms with van der Waals surface area (Å²) >= 11 is 3.29. The predicted molar refractivity (Wildman–Crippen MR) is 73.4 cm³/mol. The van der Waals surface area contributed by atoms with E-state index >= 15 is 0 Å². The SMILES string of the molecule is COCC(O)CN(C)C(=O)c1cccc(N)c1Br. The monoisotopic (exact) mass is 316 g/mol. The lowest BCUT2D eigenvalue weighted by molar-refractivity contribution is 0.0380. The van der Waals surface area contributed by atoms with Crippen molar-refractivity contribution in [3.63, 3.8) is 0 Å². The van der Waals surface area contributed by atoms with Gasteiger partial charge in [0, 0.05) is 26.4 Å². The van der Waals surface area contributed by atoms with Crippen molar-refractivity contribution in [2.75, 3.05) is 33.0 Å². The minimum Gasteiger partial charge on any atom is -0.398 e. The topological polar surface area (TPSA) is 75.8 Å². The number of carbonyl (C=O) groups excluding carboxylic acids is 1. The normalized spacial score (nSPS) is 12.2. The zero-order chi connectivity index (χ0) is 13.7. The number of anilines is 1. The quantitative estimate of drug-likeness (QED) is 0.798. The molecule has 0 bridgehead atoms. The number of rotatable bonds is 5. The second-order valence-electron chi connectivity index (χ2n) is 4.00. The third-order valence-electron chi connectivity index (χ3n) is 2.45. The summed E-state index contributed by atoms with van der Waals surface area (Å²) < 4.78 is 5.39. The number of likely N-dealkylation sites (N-methyl/N-ethyl adjacent to an activating group) is 1. The average molecular weight is 317 g/mol. The van der Waals surface area contributed by atoms with Crippen LogP contribution >= 0.6 is 15.9 Å². The Hall–Kier alpha value is -1.11. The Balaban J connectivity index is 2.77. The zero-order valence-electron chi connectivity index (χ0n) is 10.4. The molecular formula is C12H17BrN2O3. The van der Waals surface area contributed by atoms with Crippen LogP contribution in [0.25, 0.3) is 0 Å². The summed E-state index contributed by atoms with van der Waals surface area (Å²) in [6.07, 6.45) is -0.705. The second-order valence-corrected chi connectivity index (χ2v) is 4.80. The average Bonchev–Trinajstić information content (AvgIpc) is 2.32. The van der Waals surface area contributed by atoms with Gasteiger partial charge < -0.3 is 20.5 Å².